The van der Waals surface area contributed by atoms with E-state index in [0.29, 0.717) is 0 Å². The van der Waals surface area contributed by atoms with Crippen LogP contribution in [0.1, 0.15) is 30.6 Å². The Hall–Kier alpha value is -1.08. The van der Waals surface area contributed by atoms with Crippen molar-refractivity contribution in [2.45, 2.75) is 31.1 Å². The molecule has 0 radical (unpaired) electrons. The van der Waals surface area contributed by atoms with Crippen LogP contribution in [0.4, 0.5) is 0 Å². The fourth-order valence-electron chi connectivity index (χ4n) is 1.89. The number of aliphatic imine (C=N–C) groups is 1. The number of hydrogen-bond acceptors (Lipinski definition) is 1. The van der Waals surface area contributed by atoms with Gasteiger partial charge in [-0.15, -0.1) is 0 Å². The number of hydrogen-bond donors (Lipinski definition) is 0. The summed E-state index contributed by atoms with van der Waals surface area (Å²) in [5.41, 5.74) is 1.25. The second-order valence-electron chi connectivity index (χ2n) is 4.93. The molecule has 0 aliphatic rings. The SMILES string of the molecule is CCC(C)N=C(Cl)C([Se]c1ccccc1)c1ccccc1. The van der Waals surface area contributed by atoms with Crippen molar-refractivity contribution in [3.63, 3.8) is 0 Å². The topological polar surface area (TPSA) is 12.4 Å². The molecule has 0 aliphatic heterocycles. The van der Waals surface area contributed by atoms with Crippen LogP contribution < -0.4 is 4.46 Å². The summed E-state index contributed by atoms with van der Waals surface area (Å²) in [6.45, 7) is 4.25. The van der Waals surface area contributed by atoms with Crippen molar-refractivity contribution in [3.05, 3.63) is 66.2 Å². The third-order valence-corrected chi connectivity index (χ3v) is 6.54. The van der Waals surface area contributed by atoms with Gasteiger partial charge in [-0.05, 0) is 0 Å². The Morgan fingerprint density at radius 2 is 1.62 bits per heavy atom. The molecule has 2 unspecified atom stereocenters. The van der Waals surface area contributed by atoms with Crippen molar-refractivity contribution >= 4 is 36.2 Å². The molecule has 2 rings (SSSR count). The van der Waals surface area contributed by atoms with Crippen LogP contribution in [0.3, 0.4) is 0 Å². The summed E-state index contributed by atoms with van der Waals surface area (Å²) in [5.74, 6) is 0. The molecule has 0 N–H and O–H groups in total. The Bertz CT molecular complexity index is 568. The first-order valence-electron chi connectivity index (χ1n) is 7.20. The molecule has 2 aromatic rings. The van der Waals surface area contributed by atoms with Crippen LogP contribution in [0.2, 0.25) is 0 Å². The maximum absolute atomic E-state index is 6.57. The van der Waals surface area contributed by atoms with Crippen LogP contribution in [0.15, 0.2) is 65.7 Å². The van der Waals surface area contributed by atoms with E-state index >= 15 is 0 Å². The molecule has 110 valence electrons. The summed E-state index contributed by atoms with van der Waals surface area (Å²) < 4.78 is 1.34. The van der Waals surface area contributed by atoms with Crippen LogP contribution in [0, 0.1) is 0 Å². The van der Waals surface area contributed by atoms with Gasteiger partial charge in [-0.3, -0.25) is 0 Å². The molecule has 1 nitrogen and oxygen atoms in total. The molecular formula is C18H20ClNSe. The quantitative estimate of drug-likeness (QED) is 0.538. The van der Waals surface area contributed by atoms with E-state index in [1.165, 1.54) is 10.0 Å². The summed E-state index contributed by atoms with van der Waals surface area (Å²) >= 11 is 6.80. The Morgan fingerprint density at radius 3 is 2.19 bits per heavy atom. The fourth-order valence-corrected chi connectivity index (χ4v) is 4.59. The number of nitrogens with zero attached hydrogens (tertiary/aromatic N) is 1. The molecule has 0 heterocycles. The van der Waals surface area contributed by atoms with E-state index < -0.39 is 0 Å². The van der Waals surface area contributed by atoms with E-state index in [9.17, 15) is 0 Å². The van der Waals surface area contributed by atoms with E-state index in [0.717, 1.165) is 11.6 Å². The van der Waals surface area contributed by atoms with Gasteiger partial charge in [0, 0.05) is 0 Å². The predicted octanol–water partition coefficient (Wildman–Crippen LogP) is 4.19. The van der Waals surface area contributed by atoms with E-state index in [1.807, 2.05) is 12.1 Å². The van der Waals surface area contributed by atoms with Gasteiger partial charge in [0.1, 0.15) is 0 Å². The summed E-state index contributed by atoms with van der Waals surface area (Å²) in [7, 11) is 0. The molecule has 0 bridgehead atoms. The van der Waals surface area contributed by atoms with Crippen molar-refractivity contribution in [1.29, 1.82) is 0 Å². The first-order valence-corrected chi connectivity index (χ1v) is 9.43. The third kappa shape index (κ3) is 5.00. The molecule has 2 atom stereocenters. The first-order chi connectivity index (χ1) is 10.2. The zero-order valence-corrected chi connectivity index (χ0v) is 14.8. The van der Waals surface area contributed by atoms with Gasteiger partial charge >= 0.3 is 139 Å². The Labute approximate surface area is 138 Å². The molecule has 0 saturated carbocycles. The van der Waals surface area contributed by atoms with E-state index in [2.05, 4.69) is 67.4 Å². The Morgan fingerprint density at radius 1 is 1.05 bits per heavy atom. The standard InChI is InChI=1S/C18H20ClNSe/c1-3-14(2)20-18(19)17(15-10-6-4-7-11-15)21-16-12-8-5-9-13-16/h4-14,17H,3H2,1-2H3. The van der Waals surface area contributed by atoms with Crippen LogP contribution in [0.5, 0.6) is 0 Å². The van der Waals surface area contributed by atoms with Crippen LogP contribution in [0.25, 0.3) is 0 Å². The maximum atomic E-state index is 6.57. The van der Waals surface area contributed by atoms with Crippen molar-refractivity contribution in [2.75, 3.05) is 0 Å². The predicted molar refractivity (Wildman–Crippen MR) is 94.1 cm³/mol. The van der Waals surface area contributed by atoms with Crippen LogP contribution >= 0.6 is 11.6 Å². The van der Waals surface area contributed by atoms with Crippen molar-refractivity contribution in [3.8, 4) is 0 Å². The Balaban J connectivity index is 2.29. The second-order valence-corrected chi connectivity index (χ2v) is 7.79. The molecule has 0 aliphatic carbocycles. The summed E-state index contributed by atoms with van der Waals surface area (Å²) in [6.07, 6.45) is 1.01. The zero-order valence-electron chi connectivity index (χ0n) is 12.4. The summed E-state index contributed by atoms with van der Waals surface area (Å²) in [6, 6.07) is 21.3. The second kappa shape index (κ2) is 8.38. The number of halogens is 1. The van der Waals surface area contributed by atoms with Gasteiger partial charge < -0.3 is 0 Å². The molecular weight excluding hydrogens is 345 g/mol. The third-order valence-electron chi connectivity index (χ3n) is 3.25. The van der Waals surface area contributed by atoms with Crippen LogP contribution in [-0.2, 0) is 0 Å². The van der Waals surface area contributed by atoms with Gasteiger partial charge in [0.15, 0.2) is 0 Å². The van der Waals surface area contributed by atoms with Crippen molar-refractivity contribution in [2.24, 2.45) is 4.99 Å². The summed E-state index contributed by atoms with van der Waals surface area (Å²) in [5, 5.41) is 0.736. The average Bonchev–Trinajstić information content (AvgIpc) is 2.54. The molecule has 2 aromatic carbocycles. The molecule has 0 fully saturated rings. The molecule has 0 spiro atoms. The van der Waals surface area contributed by atoms with E-state index in [-0.39, 0.29) is 25.8 Å². The number of benzene rings is 2. The van der Waals surface area contributed by atoms with Gasteiger partial charge in [-0.1, -0.05) is 0 Å². The van der Waals surface area contributed by atoms with Crippen molar-refractivity contribution in [1.82, 2.24) is 0 Å². The molecule has 3 heteroatoms. The van der Waals surface area contributed by atoms with E-state index in [1.54, 1.807) is 0 Å². The van der Waals surface area contributed by atoms with Gasteiger partial charge in [-0.25, -0.2) is 0 Å². The summed E-state index contributed by atoms with van der Waals surface area (Å²) in [4.78, 5) is 4.86. The molecule has 0 amide bonds. The Kier molecular flexibility index (Phi) is 6.50. The molecule has 0 aromatic heterocycles. The van der Waals surface area contributed by atoms with Gasteiger partial charge in [0.05, 0.1) is 0 Å². The average molecular weight is 365 g/mol. The van der Waals surface area contributed by atoms with Gasteiger partial charge in [0.25, 0.3) is 0 Å². The molecule has 0 saturated heterocycles. The minimum absolute atomic E-state index is 0.191. The van der Waals surface area contributed by atoms with Gasteiger partial charge in [0.2, 0.25) is 0 Å². The normalized spacial score (nSPS) is 14.7. The molecule has 21 heavy (non-hydrogen) atoms. The van der Waals surface area contributed by atoms with Crippen molar-refractivity contribution < 1.29 is 0 Å². The van der Waals surface area contributed by atoms with Gasteiger partial charge in [-0.2, -0.15) is 0 Å². The fraction of sp³-hybridized carbons (Fsp3) is 0.278. The monoisotopic (exact) mass is 365 g/mol. The number of rotatable bonds is 6. The van der Waals surface area contributed by atoms with Crippen LogP contribution in [-0.4, -0.2) is 26.2 Å². The van der Waals surface area contributed by atoms with E-state index in [4.69, 9.17) is 11.6 Å². The minimum atomic E-state index is 0.191. The first kappa shape index (κ1) is 16.3. The zero-order chi connectivity index (χ0) is 15.1.